The molecule has 0 saturated carbocycles. The molecule has 2 aliphatic rings. The largest absolute Gasteiger partial charge is 0.496 e. The lowest BCUT2D eigenvalue weighted by atomic mass is 9.95. The van der Waals surface area contributed by atoms with Crippen LogP contribution in [-0.4, -0.2) is 64.3 Å². The Morgan fingerprint density at radius 1 is 1.14 bits per heavy atom. The summed E-state index contributed by atoms with van der Waals surface area (Å²) in [6.45, 7) is 4.48. The van der Waals surface area contributed by atoms with Crippen LogP contribution in [0.2, 0.25) is 0 Å². The molecule has 1 aromatic carbocycles. The van der Waals surface area contributed by atoms with E-state index in [-0.39, 0.29) is 5.91 Å². The number of amides is 1. The predicted octanol–water partition coefficient (Wildman–Crippen LogP) is 2.07. The predicted molar refractivity (Wildman–Crippen MR) is 106 cm³/mol. The van der Waals surface area contributed by atoms with Crippen molar-refractivity contribution >= 4 is 5.91 Å². The lowest BCUT2D eigenvalue weighted by Gasteiger charge is -2.32. The Labute approximate surface area is 166 Å². The Morgan fingerprint density at radius 3 is 2.71 bits per heavy atom. The highest BCUT2D eigenvalue weighted by Crippen LogP contribution is 2.29. The van der Waals surface area contributed by atoms with Gasteiger partial charge in [-0.3, -0.25) is 9.69 Å². The minimum absolute atomic E-state index is 0.231. The number of likely N-dealkylation sites (N-methyl/N-ethyl adjacent to an activating group) is 1. The number of likely N-dealkylation sites (tertiary alicyclic amines) is 1. The summed E-state index contributed by atoms with van der Waals surface area (Å²) in [5.41, 5.74) is 1.09. The first-order chi connectivity index (χ1) is 13.7. The van der Waals surface area contributed by atoms with E-state index in [1.807, 2.05) is 29.2 Å². The number of para-hydroxylation sites is 1. The van der Waals surface area contributed by atoms with Crippen molar-refractivity contribution in [3.05, 3.63) is 41.5 Å². The van der Waals surface area contributed by atoms with Crippen molar-refractivity contribution in [2.24, 2.45) is 0 Å². The summed E-state index contributed by atoms with van der Waals surface area (Å²) in [5.74, 6) is 3.68. The molecule has 4 rings (SSSR count). The van der Waals surface area contributed by atoms with Gasteiger partial charge in [0.05, 0.1) is 13.7 Å². The van der Waals surface area contributed by atoms with Gasteiger partial charge in [0.25, 0.3) is 0 Å². The van der Waals surface area contributed by atoms with Crippen LogP contribution in [0.5, 0.6) is 5.75 Å². The van der Waals surface area contributed by atoms with Crippen molar-refractivity contribution < 1.29 is 9.53 Å². The van der Waals surface area contributed by atoms with Gasteiger partial charge >= 0.3 is 0 Å². The van der Waals surface area contributed by atoms with Gasteiger partial charge in [0.2, 0.25) is 5.91 Å². The molecule has 0 N–H and O–H groups in total. The minimum atomic E-state index is 0.231. The molecule has 7 heteroatoms. The molecule has 1 amide bonds. The summed E-state index contributed by atoms with van der Waals surface area (Å²) in [4.78, 5) is 17.0. The van der Waals surface area contributed by atoms with Gasteiger partial charge in [0.15, 0.2) is 0 Å². The fourth-order valence-corrected chi connectivity index (χ4v) is 4.30. The second-order valence-corrected chi connectivity index (χ2v) is 7.83. The van der Waals surface area contributed by atoms with Gasteiger partial charge in [-0.15, -0.1) is 10.2 Å². The molecule has 28 heavy (non-hydrogen) atoms. The maximum Gasteiger partial charge on any atom is 0.222 e. The van der Waals surface area contributed by atoms with E-state index in [0.29, 0.717) is 18.8 Å². The number of aromatic nitrogens is 3. The molecule has 0 radical (unpaired) electrons. The van der Waals surface area contributed by atoms with E-state index in [9.17, 15) is 4.79 Å². The van der Waals surface area contributed by atoms with Crippen molar-refractivity contribution in [3.8, 4) is 5.75 Å². The van der Waals surface area contributed by atoms with Crippen molar-refractivity contribution in [3.63, 3.8) is 0 Å². The third-order valence-corrected chi connectivity index (χ3v) is 5.99. The first-order valence-corrected chi connectivity index (χ1v) is 10.2. The number of carbonyl (C=O) groups excluding carboxylic acids is 1. The van der Waals surface area contributed by atoms with Gasteiger partial charge in [-0.1, -0.05) is 18.2 Å². The number of piperidine rings is 1. The van der Waals surface area contributed by atoms with E-state index in [0.717, 1.165) is 68.5 Å². The van der Waals surface area contributed by atoms with Crippen molar-refractivity contribution in [1.82, 2.24) is 24.6 Å². The number of ether oxygens (including phenoxy) is 1. The molecule has 1 aromatic heterocycles. The third kappa shape index (κ3) is 3.90. The van der Waals surface area contributed by atoms with Crippen LogP contribution in [0.1, 0.15) is 42.4 Å². The van der Waals surface area contributed by atoms with E-state index < -0.39 is 0 Å². The number of fused-ring (bicyclic) bond motifs is 1. The van der Waals surface area contributed by atoms with Crippen LogP contribution in [0.25, 0.3) is 0 Å². The molecule has 0 unspecified atom stereocenters. The zero-order chi connectivity index (χ0) is 19.5. The highest BCUT2D eigenvalue weighted by Gasteiger charge is 2.29. The number of carbonyl (C=O) groups is 1. The van der Waals surface area contributed by atoms with Crippen LogP contribution in [0.15, 0.2) is 24.3 Å². The van der Waals surface area contributed by atoms with Crippen LogP contribution in [0.3, 0.4) is 0 Å². The molecular formula is C21H29N5O2. The van der Waals surface area contributed by atoms with E-state index in [1.165, 1.54) is 0 Å². The van der Waals surface area contributed by atoms with Crippen LogP contribution >= 0.6 is 0 Å². The molecule has 2 aromatic rings. The molecule has 0 spiro atoms. The zero-order valence-corrected chi connectivity index (χ0v) is 16.8. The summed E-state index contributed by atoms with van der Waals surface area (Å²) < 4.78 is 7.68. The number of methoxy groups -OCH3 is 1. The summed E-state index contributed by atoms with van der Waals surface area (Å²) in [5, 5.41) is 8.88. The maximum atomic E-state index is 12.7. The van der Waals surface area contributed by atoms with Gasteiger partial charge in [-0.05, 0) is 37.9 Å². The first kappa shape index (κ1) is 18.9. The van der Waals surface area contributed by atoms with E-state index in [2.05, 4.69) is 26.7 Å². The second kappa shape index (κ2) is 8.31. The lowest BCUT2D eigenvalue weighted by Crippen LogP contribution is -2.39. The first-order valence-electron chi connectivity index (χ1n) is 10.2. The van der Waals surface area contributed by atoms with Gasteiger partial charge in [0.1, 0.15) is 17.4 Å². The summed E-state index contributed by atoms with van der Waals surface area (Å²) in [6, 6.07) is 7.92. The van der Waals surface area contributed by atoms with E-state index >= 15 is 0 Å². The summed E-state index contributed by atoms with van der Waals surface area (Å²) in [7, 11) is 3.79. The Morgan fingerprint density at radius 2 is 1.93 bits per heavy atom. The van der Waals surface area contributed by atoms with E-state index in [1.54, 1.807) is 7.11 Å². The normalized spacial score (nSPS) is 18.1. The molecule has 3 heterocycles. The fraction of sp³-hybridized carbons (Fsp3) is 0.571. The van der Waals surface area contributed by atoms with Crippen molar-refractivity contribution in [1.29, 1.82) is 0 Å². The summed E-state index contributed by atoms with van der Waals surface area (Å²) in [6.07, 6.45) is 3.18. The molecule has 1 fully saturated rings. The maximum absolute atomic E-state index is 12.7. The quantitative estimate of drug-likeness (QED) is 0.791. The number of hydrogen-bond acceptors (Lipinski definition) is 5. The summed E-state index contributed by atoms with van der Waals surface area (Å²) >= 11 is 0. The molecule has 7 nitrogen and oxygen atoms in total. The Balaban J connectivity index is 1.31. The highest BCUT2D eigenvalue weighted by molar-refractivity contribution is 5.76. The highest BCUT2D eigenvalue weighted by atomic mass is 16.5. The van der Waals surface area contributed by atoms with Crippen LogP contribution in [0.4, 0.5) is 0 Å². The third-order valence-electron chi connectivity index (χ3n) is 5.99. The number of aryl methyl sites for hydroxylation is 1. The number of rotatable bonds is 5. The van der Waals surface area contributed by atoms with Gasteiger partial charge in [-0.25, -0.2) is 0 Å². The Hall–Kier alpha value is -2.41. The topological polar surface area (TPSA) is 63.5 Å². The Bertz CT molecular complexity index is 826. The standard InChI is InChI=1S/C21H29N5O2/c1-24-13-14-26-19(15-24)22-23-21(26)17-9-11-25(12-10-17)20(27)8-7-16-5-3-4-6-18(16)28-2/h3-6,17H,7-15H2,1-2H3. The average molecular weight is 383 g/mol. The molecular weight excluding hydrogens is 354 g/mol. The van der Waals surface area contributed by atoms with Gasteiger partial charge in [0, 0.05) is 38.5 Å². The molecule has 2 aliphatic heterocycles. The Kier molecular flexibility index (Phi) is 5.62. The van der Waals surface area contributed by atoms with Crippen LogP contribution in [0, 0.1) is 0 Å². The second-order valence-electron chi connectivity index (χ2n) is 7.83. The molecule has 150 valence electrons. The molecule has 0 aliphatic carbocycles. The minimum Gasteiger partial charge on any atom is -0.496 e. The average Bonchev–Trinajstić information content (AvgIpc) is 3.15. The van der Waals surface area contributed by atoms with Gasteiger partial charge < -0.3 is 14.2 Å². The van der Waals surface area contributed by atoms with Crippen LogP contribution in [-0.2, 0) is 24.3 Å². The SMILES string of the molecule is COc1ccccc1CCC(=O)N1CCC(c2nnc3n2CCN(C)C3)CC1. The molecule has 0 atom stereocenters. The number of hydrogen-bond donors (Lipinski definition) is 0. The molecule has 1 saturated heterocycles. The number of benzene rings is 1. The van der Waals surface area contributed by atoms with Crippen LogP contribution < -0.4 is 4.74 Å². The van der Waals surface area contributed by atoms with Crippen molar-refractivity contribution in [2.45, 2.75) is 44.7 Å². The molecule has 0 bridgehead atoms. The smallest absolute Gasteiger partial charge is 0.222 e. The van der Waals surface area contributed by atoms with Crippen molar-refractivity contribution in [2.75, 3.05) is 33.8 Å². The van der Waals surface area contributed by atoms with E-state index in [4.69, 9.17) is 4.74 Å². The van der Waals surface area contributed by atoms with Gasteiger partial charge in [-0.2, -0.15) is 0 Å². The lowest BCUT2D eigenvalue weighted by molar-refractivity contribution is -0.132. The zero-order valence-electron chi connectivity index (χ0n) is 16.8. The number of nitrogens with zero attached hydrogens (tertiary/aromatic N) is 5. The monoisotopic (exact) mass is 383 g/mol. The fourth-order valence-electron chi connectivity index (χ4n) is 4.30.